The molecule has 3 aromatic carbocycles. The van der Waals surface area contributed by atoms with E-state index in [9.17, 15) is 9.59 Å². The van der Waals surface area contributed by atoms with Crippen molar-refractivity contribution in [3.05, 3.63) is 105 Å². The Balaban J connectivity index is 1.51. The largest absolute Gasteiger partial charge is 0.493 e. The fraction of sp³-hybridized carbons (Fsp3) is 0.185. The molecule has 2 aromatic heterocycles. The second-order valence-corrected chi connectivity index (χ2v) is 8.16. The zero-order valence-corrected chi connectivity index (χ0v) is 19.9. The van der Waals surface area contributed by atoms with Gasteiger partial charge < -0.3 is 14.0 Å². The number of hydrogen-bond donors (Lipinski definition) is 0. The lowest BCUT2D eigenvalue weighted by atomic mass is 10.1. The summed E-state index contributed by atoms with van der Waals surface area (Å²) in [6.45, 7) is 0.276. The highest BCUT2D eigenvalue weighted by atomic mass is 16.5. The lowest BCUT2D eigenvalue weighted by Gasteiger charge is -2.13. The Bertz CT molecular complexity index is 1640. The van der Waals surface area contributed by atoms with Crippen LogP contribution < -0.4 is 20.7 Å². The van der Waals surface area contributed by atoms with Crippen LogP contribution in [0.5, 0.6) is 11.5 Å². The van der Waals surface area contributed by atoms with Gasteiger partial charge in [0.2, 0.25) is 11.7 Å². The number of para-hydroxylation sites is 1. The Labute approximate surface area is 206 Å². The minimum atomic E-state index is -0.430. The molecule has 5 rings (SSSR count). The van der Waals surface area contributed by atoms with Gasteiger partial charge in [-0.3, -0.25) is 13.9 Å². The zero-order chi connectivity index (χ0) is 25.1. The van der Waals surface area contributed by atoms with Gasteiger partial charge in [0.05, 0.1) is 25.1 Å². The Morgan fingerprint density at radius 3 is 2.39 bits per heavy atom. The van der Waals surface area contributed by atoms with E-state index in [1.807, 2.05) is 30.3 Å². The first-order chi connectivity index (χ1) is 17.6. The topological polar surface area (TPSA) is 101 Å². The molecule has 0 saturated carbocycles. The standard InChI is InChI=1S/C27H24N4O5/c1-34-22-13-12-19(16-23(22)35-2)25-28-24(36-29-25)17-31-21-11-7-6-10-20(21)26(32)30(27(31)33)15-14-18-8-4-3-5-9-18/h3-13,16H,14-15,17H2,1-2H3. The van der Waals surface area contributed by atoms with E-state index >= 15 is 0 Å². The summed E-state index contributed by atoms with van der Waals surface area (Å²) < 4.78 is 18.9. The van der Waals surface area contributed by atoms with E-state index in [2.05, 4.69) is 10.1 Å². The molecular weight excluding hydrogens is 460 g/mol. The second-order valence-electron chi connectivity index (χ2n) is 8.16. The molecule has 0 spiro atoms. The number of fused-ring (bicyclic) bond motifs is 1. The predicted octanol–water partition coefficient (Wildman–Crippen LogP) is 3.52. The van der Waals surface area contributed by atoms with Gasteiger partial charge >= 0.3 is 5.69 Å². The highest BCUT2D eigenvalue weighted by molar-refractivity contribution is 5.77. The van der Waals surface area contributed by atoms with Crippen molar-refractivity contribution < 1.29 is 14.0 Å². The van der Waals surface area contributed by atoms with Crippen LogP contribution in [0.15, 0.2) is 86.9 Å². The first-order valence-corrected chi connectivity index (χ1v) is 11.4. The number of aromatic nitrogens is 4. The number of ether oxygens (including phenoxy) is 2. The SMILES string of the molecule is COc1ccc(-c2noc(Cn3c(=O)n(CCc4ccccc4)c(=O)c4ccccc43)n2)cc1OC. The van der Waals surface area contributed by atoms with Crippen LogP contribution in [-0.2, 0) is 19.5 Å². The highest BCUT2D eigenvalue weighted by Gasteiger charge is 2.17. The van der Waals surface area contributed by atoms with Gasteiger partial charge in [0.1, 0.15) is 6.54 Å². The summed E-state index contributed by atoms with van der Waals surface area (Å²) in [5, 5.41) is 4.52. The Hall–Kier alpha value is -4.66. The summed E-state index contributed by atoms with van der Waals surface area (Å²) in [6.07, 6.45) is 0.554. The van der Waals surface area contributed by atoms with Gasteiger partial charge in [-0.05, 0) is 42.3 Å². The van der Waals surface area contributed by atoms with Gasteiger partial charge in [-0.25, -0.2) is 4.79 Å². The van der Waals surface area contributed by atoms with Crippen molar-refractivity contribution in [3.63, 3.8) is 0 Å². The van der Waals surface area contributed by atoms with Gasteiger partial charge in [-0.2, -0.15) is 4.98 Å². The summed E-state index contributed by atoms with van der Waals surface area (Å²) >= 11 is 0. The molecule has 0 bridgehead atoms. The van der Waals surface area contributed by atoms with E-state index in [0.29, 0.717) is 40.2 Å². The molecule has 0 N–H and O–H groups in total. The molecule has 0 aliphatic carbocycles. The van der Waals surface area contributed by atoms with Crippen LogP contribution >= 0.6 is 0 Å². The van der Waals surface area contributed by atoms with Crippen molar-refractivity contribution in [1.29, 1.82) is 0 Å². The van der Waals surface area contributed by atoms with E-state index in [1.165, 1.54) is 9.13 Å². The zero-order valence-electron chi connectivity index (χ0n) is 19.9. The van der Waals surface area contributed by atoms with Gasteiger partial charge in [0.25, 0.3) is 5.56 Å². The number of aryl methyl sites for hydroxylation is 1. The fourth-order valence-electron chi connectivity index (χ4n) is 4.15. The maximum Gasteiger partial charge on any atom is 0.331 e. The van der Waals surface area contributed by atoms with Crippen molar-refractivity contribution in [2.45, 2.75) is 19.5 Å². The van der Waals surface area contributed by atoms with Crippen LogP contribution in [0.1, 0.15) is 11.5 Å². The van der Waals surface area contributed by atoms with E-state index in [-0.39, 0.29) is 24.5 Å². The number of rotatable bonds is 8. The molecule has 0 saturated heterocycles. The molecule has 0 fully saturated rings. The average molecular weight is 485 g/mol. The summed E-state index contributed by atoms with van der Waals surface area (Å²) in [5.74, 6) is 1.70. The van der Waals surface area contributed by atoms with E-state index in [4.69, 9.17) is 14.0 Å². The van der Waals surface area contributed by atoms with Crippen LogP contribution in [-0.4, -0.2) is 33.5 Å². The molecule has 182 valence electrons. The number of hydrogen-bond acceptors (Lipinski definition) is 7. The number of nitrogens with zero attached hydrogens (tertiary/aromatic N) is 4. The van der Waals surface area contributed by atoms with Crippen molar-refractivity contribution in [2.24, 2.45) is 0 Å². The molecule has 2 heterocycles. The Morgan fingerprint density at radius 1 is 0.861 bits per heavy atom. The summed E-state index contributed by atoms with van der Waals surface area (Å²) in [7, 11) is 3.11. The lowest BCUT2D eigenvalue weighted by molar-refractivity contribution is 0.355. The molecule has 0 radical (unpaired) electrons. The van der Waals surface area contributed by atoms with Crippen LogP contribution in [0, 0.1) is 0 Å². The number of methoxy groups -OCH3 is 2. The first kappa shape index (κ1) is 23.1. The summed E-state index contributed by atoms with van der Waals surface area (Å²) in [4.78, 5) is 31.1. The maximum absolute atomic E-state index is 13.5. The quantitative estimate of drug-likeness (QED) is 0.332. The maximum atomic E-state index is 13.5. The molecule has 0 aliphatic heterocycles. The molecule has 0 amide bonds. The van der Waals surface area contributed by atoms with Crippen molar-refractivity contribution in [3.8, 4) is 22.9 Å². The molecule has 5 aromatic rings. The molecule has 9 heteroatoms. The van der Waals surface area contributed by atoms with Crippen LogP contribution in [0.25, 0.3) is 22.3 Å². The molecular formula is C27H24N4O5. The van der Waals surface area contributed by atoms with Crippen LogP contribution in [0.4, 0.5) is 0 Å². The first-order valence-electron chi connectivity index (χ1n) is 11.4. The molecule has 0 unspecified atom stereocenters. The average Bonchev–Trinajstić information content (AvgIpc) is 3.40. The normalized spacial score (nSPS) is 11.1. The van der Waals surface area contributed by atoms with Crippen molar-refractivity contribution >= 4 is 10.9 Å². The monoisotopic (exact) mass is 484 g/mol. The van der Waals surface area contributed by atoms with Gasteiger partial charge in [-0.1, -0.05) is 47.6 Å². The summed E-state index contributed by atoms with van der Waals surface area (Å²) in [5.41, 5.74) is 1.47. The van der Waals surface area contributed by atoms with Crippen LogP contribution in [0.3, 0.4) is 0 Å². The van der Waals surface area contributed by atoms with Crippen LogP contribution in [0.2, 0.25) is 0 Å². The van der Waals surface area contributed by atoms with Gasteiger partial charge in [0.15, 0.2) is 11.5 Å². The Kier molecular flexibility index (Phi) is 6.36. The smallest absolute Gasteiger partial charge is 0.331 e. The third-order valence-corrected chi connectivity index (χ3v) is 6.00. The Morgan fingerprint density at radius 2 is 1.61 bits per heavy atom. The lowest BCUT2D eigenvalue weighted by Crippen LogP contribution is -2.40. The van der Waals surface area contributed by atoms with E-state index in [0.717, 1.165) is 5.56 Å². The minimum absolute atomic E-state index is 0.0191. The third-order valence-electron chi connectivity index (χ3n) is 6.00. The van der Waals surface area contributed by atoms with Crippen molar-refractivity contribution in [2.75, 3.05) is 14.2 Å². The van der Waals surface area contributed by atoms with Gasteiger partial charge in [-0.15, -0.1) is 0 Å². The molecule has 0 atom stereocenters. The molecule has 9 nitrogen and oxygen atoms in total. The highest BCUT2D eigenvalue weighted by Crippen LogP contribution is 2.31. The molecule has 0 aliphatic rings. The number of benzene rings is 3. The minimum Gasteiger partial charge on any atom is -0.493 e. The van der Waals surface area contributed by atoms with Crippen molar-refractivity contribution in [1.82, 2.24) is 19.3 Å². The summed E-state index contributed by atoms with van der Waals surface area (Å²) in [6, 6.07) is 22.1. The van der Waals surface area contributed by atoms with E-state index in [1.54, 1.807) is 56.7 Å². The van der Waals surface area contributed by atoms with Gasteiger partial charge in [0, 0.05) is 12.1 Å². The molecule has 36 heavy (non-hydrogen) atoms. The fourth-order valence-corrected chi connectivity index (χ4v) is 4.15. The van der Waals surface area contributed by atoms with E-state index < -0.39 is 5.69 Å². The third kappa shape index (κ3) is 4.38. The second kappa shape index (κ2) is 9.91. The predicted molar refractivity (Wildman–Crippen MR) is 135 cm³/mol.